The molecule has 2 heterocycles. The molecule has 0 spiro atoms. The fraction of sp³-hybridized carbons (Fsp3) is 0.643. The molecule has 0 atom stereocenters. The lowest BCUT2D eigenvalue weighted by molar-refractivity contribution is -0.129. The molecular formula is C14H22N2OS. The Morgan fingerprint density at radius 3 is 2.78 bits per heavy atom. The van der Waals surface area contributed by atoms with E-state index < -0.39 is 0 Å². The fourth-order valence-corrected chi connectivity index (χ4v) is 3.11. The molecule has 0 radical (unpaired) electrons. The van der Waals surface area contributed by atoms with Crippen LogP contribution in [0.25, 0.3) is 0 Å². The molecule has 1 aromatic heterocycles. The lowest BCUT2D eigenvalue weighted by Gasteiger charge is -2.40. The van der Waals surface area contributed by atoms with Crippen molar-refractivity contribution in [1.82, 2.24) is 10.2 Å². The number of hydrogen-bond donors (Lipinski definition) is 1. The number of hydrogen-bond acceptors (Lipinski definition) is 4. The van der Waals surface area contributed by atoms with Crippen LogP contribution in [-0.2, 0) is 11.2 Å². The van der Waals surface area contributed by atoms with Crippen LogP contribution in [0.3, 0.4) is 0 Å². The molecule has 4 heteroatoms. The highest BCUT2D eigenvalue weighted by atomic mass is 32.1. The van der Waals surface area contributed by atoms with Gasteiger partial charge in [-0.15, -0.1) is 11.3 Å². The maximum Gasteiger partial charge on any atom is 0.152 e. The molecule has 1 saturated heterocycles. The zero-order chi connectivity index (χ0) is 13.0. The molecule has 0 amide bonds. The molecule has 1 aromatic rings. The van der Waals surface area contributed by atoms with Crippen molar-refractivity contribution in [3.05, 3.63) is 22.4 Å². The Bertz CT molecular complexity index is 381. The van der Waals surface area contributed by atoms with Crippen LogP contribution in [0, 0.1) is 0 Å². The van der Waals surface area contributed by atoms with Gasteiger partial charge in [0, 0.05) is 37.5 Å². The summed E-state index contributed by atoms with van der Waals surface area (Å²) in [5, 5.41) is 5.40. The summed E-state index contributed by atoms with van der Waals surface area (Å²) in [4.78, 5) is 16.0. The second kappa shape index (κ2) is 5.95. The maximum atomic E-state index is 12.4. The quantitative estimate of drug-likeness (QED) is 0.884. The number of ketones is 1. The SMILES string of the molecule is CC(C)(C(=O)CCc1cccs1)N1CCNCC1. The van der Waals surface area contributed by atoms with Crippen LogP contribution in [0.2, 0.25) is 0 Å². The molecule has 1 aliphatic rings. The number of nitrogens with one attached hydrogen (secondary N) is 1. The summed E-state index contributed by atoms with van der Waals surface area (Å²) in [6.07, 6.45) is 1.53. The summed E-state index contributed by atoms with van der Waals surface area (Å²) in [6.45, 7) is 8.04. The third-order valence-corrected chi connectivity index (χ3v) is 4.70. The molecule has 100 valence electrons. The van der Waals surface area contributed by atoms with Crippen molar-refractivity contribution in [2.45, 2.75) is 32.2 Å². The summed E-state index contributed by atoms with van der Waals surface area (Å²) >= 11 is 1.74. The van der Waals surface area contributed by atoms with Gasteiger partial charge in [0.2, 0.25) is 0 Å². The van der Waals surface area contributed by atoms with Gasteiger partial charge in [-0.3, -0.25) is 9.69 Å². The van der Waals surface area contributed by atoms with Crippen molar-refractivity contribution in [3.63, 3.8) is 0 Å². The molecule has 0 aromatic carbocycles. The van der Waals surface area contributed by atoms with Crippen molar-refractivity contribution in [2.75, 3.05) is 26.2 Å². The average molecular weight is 266 g/mol. The van der Waals surface area contributed by atoms with E-state index in [0.29, 0.717) is 12.2 Å². The molecular weight excluding hydrogens is 244 g/mol. The molecule has 0 saturated carbocycles. The molecule has 0 unspecified atom stereocenters. The van der Waals surface area contributed by atoms with Gasteiger partial charge in [0.15, 0.2) is 5.78 Å². The number of aryl methyl sites for hydroxylation is 1. The van der Waals surface area contributed by atoms with Crippen molar-refractivity contribution in [2.24, 2.45) is 0 Å². The third-order valence-electron chi connectivity index (χ3n) is 3.77. The second-order valence-electron chi connectivity index (χ2n) is 5.30. The second-order valence-corrected chi connectivity index (χ2v) is 6.33. The number of thiophene rings is 1. The number of nitrogens with zero attached hydrogens (tertiary/aromatic N) is 1. The Morgan fingerprint density at radius 1 is 1.44 bits per heavy atom. The summed E-state index contributed by atoms with van der Waals surface area (Å²) in [7, 11) is 0. The molecule has 0 aliphatic carbocycles. The van der Waals surface area contributed by atoms with Gasteiger partial charge in [-0.25, -0.2) is 0 Å². The van der Waals surface area contributed by atoms with Crippen molar-refractivity contribution >= 4 is 17.1 Å². The summed E-state index contributed by atoms with van der Waals surface area (Å²) in [5.41, 5.74) is -0.320. The van der Waals surface area contributed by atoms with Crippen molar-refractivity contribution in [3.8, 4) is 0 Å². The smallest absolute Gasteiger partial charge is 0.152 e. The van der Waals surface area contributed by atoms with Crippen LogP contribution >= 0.6 is 11.3 Å². The van der Waals surface area contributed by atoms with E-state index in [0.717, 1.165) is 32.6 Å². The first kappa shape index (κ1) is 13.7. The van der Waals surface area contributed by atoms with Gasteiger partial charge in [-0.1, -0.05) is 6.07 Å². The lowest BCUT2D eigenvalue weighted by Crippen LogP contribution is -2.57. The van der Waals surface area contributed by atoms with Gasteiger partial charge in [0.05, 0.1) is 5.54 Å². The number of piperazine rings is 1. The van der Waals surface area contributed by atoms with E-state index in [2.05, 4.69) is 35.5 Å². The number of Topliss-reactive ketones (excluding diaryl/α,β-unsaturated/α-hetero) is 1. The minimum Gasteiger partial charge on any atom is -0.314 e. The van der Waals surface area contributed by atoms with E-state index in [-0.39, 0.29) is 5.54 Å². The highest BCUT2D eigenvalue weighted by Gasteiger charge is 2.34. The highest BCUT2D eigenvalue weighted by molar-refractivity contribution is 7.09. The first-order valence-corrected chi connectivity index (χ1v) is 7.50. The number of carbonyl (C=O) groups is 1. The zero-order valence-corrected chi connectivity index (χ0v) is 12.1. The predicted molar refractivity (Wildman–Crippen MR) is 76.2 cm³/mol. The van der Waals surface area contributed by atoms with E-state index in [9.17, 15) is 4.79 Å². The average Bonchev–Trinajstić information content (AvgIpc) is 2.90. The predicted octanol–water partition coefficient (Wildman–Crippen LogP) is 1.93. The standard InChI is InChI=1S/C14H22N2OS/c1-14(2,16-9-7-15-8-10-16)13(17)6-5-12-4-3-11-18-12/h3-4,11,15H,5-10H2,1-2H3. The van der Waals surface area contributed by atoms with Gasteiger partial charge < -0.3 is 5.32 Å². The monoisotopic (exact) mass is 266 g/mol. The van der Waals surface area contributed by atoms with Crippen LogP contribution in [0.4, 0.5) is 0 Å². The molecule has 1 fully saturated rings. The third kappa shape index (κ3) is 3.19. The van der Waals surface area contributed by atoms with E-state index in [1.54, 1.807) is 11.3 Å². The van der Waals surface area contributed by atoms with Gasteiger partial charge in [0.25, 0.3) is 0 Å². The minimum absolute atomic E-state index is 0.320. The first-order chi connectivity index (χ1) is 8.60. The molecule has 0 bridgehead atoms. The van der Waals surface area contributed by atoms with E-state index in [1.807, 2.05) is 6.07 Å². The molecule has 3 nitrogen and oxygen atoms in total. The Morgan fingerprint density at radius 2 is 2.17 bits per heavy atom. The maximum absolute atomic E-state index is 12.4. The van der Waals surface area contributed by atoms with Gasteiger partial charge in [-0.05, 0) is 31.7 Å². The van der Waals surface area contributed by atoms with E-state index >= 15 is 0 Å². The lowest BCUT2D eigenvalue weighted by atomic mass is 9.92. The van der Waals surface area contributed by atoms with Crippen molar-refractivity contribution in [1.29, 1.82) is 0 Å². The number of carbonyl (C=O) groups excluding carboxylic acids is 1. The normalized spacial score (nSPS) is 17.9. The van der Waals surface area contributed by atoms with Gasteiger partial charge in [-0.2, -0.15) is 0 Å². The van der Waals surface area contributed by atoms with Crippen LogP contribution in [0.5, 0.6) is 0 Å². The molecule has 1 N–H and O–H groups in total. The Balaban J connectivity index is 1.89. The largest absolute Gasteiger partial charge is 0.314 e. The molecule has 18 heavy (non-hydrogen) atoms. The topological polar surface area (TPSA) is 32.3 Å². The molecule has 2 rings (SSSR count). The fourth-order valence-electron chi connectivity index (χ4n) is 2.40. The van der Waals surface area contributed by atoms with Gasteiger partial charge in [0.1, 0.15) is 0 Å². The summed E-state index contributed by atoms with van der Waals surface area (Å²) < 4.78 is 0. The Hall–Kier alpha value is -0.710. The first-order valence-electron chi connectivity index (χ1n) is 6.62. The van der Waals surface area contributed by atoms with Crippen LogP contribution in [-0.4, -0.2) is 42.4 Å². The van der Waals surface area contributed by atoms with E-state index in [4.69, 9.17) is 0 Å². The van der Waals surface area contributed by atoms with Gasteiger partial charge >= 0.3 is 0 Å². The minimum atomic E-state index is -0.320. The van der Waals surface area contributed by atoms with E-state index in [1.165, 1.54) is 4.88 Å². The summed E-state index contributed by atoms with van der Waals surface area (Å²) in [6, 6.07) is 4.15. The zero-order valence-electron chi connectivity index (χ0n) is 11.2. The highest BCUT2D eigenvalue weighted by Crippen LogP contribution is 2.20. The van der Waals surface area contributed by atoms with Crippen LogP contribution < -0.4 is 5.32 Å². The molecule has 1 aliphatic heterocycles. The van der Waals surface area contributed by atoms with Crippen molar-refractivity contribution < 1.29 is 4.79 Å². The summed E-state index contributed by atoms with van der Waals surface area (Å²) in [5.74, 6) is 0.359. The van der Waals surface area contributed by atoms with Crippen LogP contribution in [0.1, 0.15) is 25.1 Å². The Labute approximate surface area is 113 Å². The number of rotatable bonds is 5. The van der Waals surface area contributed by atoms with Crippen LogP contribution in [0.15, 0.2) is 17.5 Å². The Kier molecular flexibility index (Phi) is 4.54.